The quantitative estimate of drug-likeness (QED) is 0.354. The van der Waals surface area contributed by atoms with Crippen LogP contribution in [0.5, 0.6) is 0 Å². The van der Waals surface area contributed by atoms with E-state index in [2.05, 4.69) is 5.32 Å². The van der Waals surface area contributed by atoms with E-state index in [1.165, 1.54) is 0 Å². The van der Waals surface area contributed by atoms with Gasteiger partial charge in [-0.2, -0.15) is 0 Å². The number of nitrogens with two attached hydrogens (primary N) is 1. The zero-order chi connectivity index (χ0) is 10.8. The molecule has 0 rings (SSSR count). The maximum Gasteiger partial charge on any atom is 0.222 e. The van der Waals surface area contributed by atoms with Gasteiger partial charge >= 0.3 is 0 Å². The minimum absolute atomic E-state index is 0.0429. The summed E-state index contributed by atoms with van der Waals surface area (Å²) in [5, 5.41) is 11.0. The number of unbranched alkanes of at least 4 members (excludes halogenated alkanes) is 1. The Balaban J connectivity index is 3.67. The Morgan fingerprint density at radius 2 is 2.21 bits per heavy atom. The highest BCUT2D eigenvalue weighted by Crippen LogP contribution is 1.98. The van der Waals surface area contributed by atoms with Crippen molar-refractivity contribution in [3.05, 3.63) is 0 Å². The number of carbonyl (C=O) groups is 2. The van der Waals surface area contributed by atoms with Gasteiger partial charge in [-0.3, -0.25) is 4.79 Å². The Morgan fingerprint density at radius 1 is 1.50 bits per heavy atom. The molecule has 1 atom stereocenters. The van der Waals surface area contributed by atoms with Gasteiger partial charge in [0.1, 0.15) is 6.29 Å². The smallest absolute Gasteiger partial charge is 0.222 e. The summed E-state index contributed by atoms with van der Waals surface area (Å²) in [5.41, 5.74) is 5.30. The summed E-state index contributed by atoms with van der Waals surface area (Å²) < 4.78 is 0. The number of hydrogen-bond donors (Lipinski definition) is 3. The molecule has 82 valence electrons. The predicted octanol–water partition coefficient (Wildman–Crippen LogP) is -0.818. The third kappa shape index (κ3) is 6.56. The van der Waals surface area contributed by atoms with Crippen molar-refractivity contribution in [2.24, 2.45) is 5.73 Å². The fraction of sp³-hybridized carbons (Fsp3) is 0.778. The molecule has 0 aliphatic heterocycles. The highest BCUT2D eigenvalue weighted by atomic mass is 16.3. The lowest BCUT2D eigenvalue weighted by atomic mass is 10.1. The molecule has 1 unspecified atom stereocenters. The van der Waals surface area contributed by atoms with E-state index < -0.39 is 6.04 Å². The molecule has 1 amide bonds. The van der Waals surface area contributed by atoms with Gasteiger partial charge in [-0.15, -0.1) is 0 Å². The fourth-order valence-electron chi connectivity index (χ4n) is 1.06. The monoisotopic (exact) mass is 202 g/mol. The second-order valence-electron chi connectivity index (χ2n) is 3.07. The normalized spacial score (nSPS) is 12.1. The summed E-state index contributed by atoms with van der Waals surface area (Å²) in [4.78, 5) is 21.5. The summed E-state index contributed by atoms with van der Waals surface area (Å²) in [6, 6.07) is -0.444. The Bertz CT molecular complexity index is 173. The number of nitrogens with one attached hydrogen (secondary N) is 1. The second kappa shape index (κ2) is 8.65. The lowest BCUT2D eigenvalue weighted by Gasteiger charge is -2.11. The van der Waals surface area contributed by atoms with Crippen molar-refractivity contribution in [3.8, 4) is 0 Å². The summed E-state index contributed by atoms with van der Waals surface area (Å²) >= 11 is 0. The largest absolute Gasteiger partial charge is 0.396 e. The molecule has 0 saturated heterocycles. The third-order valence-corrected chi connectivity index (χ3v) is 1.82. The SMILES string of the molecule is NCCCCC(C=O)NC(=O)CCO. The van der Waals surface area contributed by atoms with Crippen molar-refractivity contribution in [2.45, 2.75) is 31.7 Å². The number of aldehydes is 1. The predicted molar refractivity (Wildman–Crippen MR) is 52.6 cm³/mol. The molecule has 5 nitrogen and oxygen atoms in total. The zero-order valence-corrected chi connectivity index (χ0v) is 8.24. The van der Waals surface area contributed by atoms with Gasteiger partial charge in [0, 0.05) is 6.42 Å². The van der Waals surface area contributed by atoms with Gasteiger partial charge < -0.3 is 21.0 Å². The molecule has 0 heterocycles. The summed E-state index contributed by atoms with van der Waals surface area (Å²) in [7, 11) is 0. The number of hydrogen-bond acceptors (Lipinski definition) is 4. The molecule has 0 aliphatic rings. The molecule has 0 radical (unpaired) electrons. The zero-order valence-electron chi connectivity index (χ0n) is 8.24. The molecule has 5 heteroatoms. The van der Waals surface area contributed by atoms with Crippen LogP contribution in [0.3, 0.4) is 0 Å². The molecular formula is C9H18N2O3. The van der Waals surface area contributed by atoms with Crippen molar-refractivity contribution in [1.29, 1.82) is 0 Å². The first-order valence-electron chi connectivity index (χ1n) is 4.80. The number of aliphatic hydroxyl groups is 1. The standard InChI is InChI=1S/C9H18N2O3/c10-5-2-1-3-8(7-13)11-9(14)4-6-12/h7-8,12H,1-6,10H2,(H,11,14). The lowest BCUT2D eigenvalue weighted by molar-refractivity contribution is -0.124. The maximum atomic E-state index is 11.0. The highest BCUT2D eigenvalue weighted by molar-refractivity contribution is 5.79. The first-order valence-corrected chi connectivity index (χ1v) is 4.80. The van der Waals surface area contributed by atoms with Crippen LogP contribution in [0, 0.1) is 0 Å². The van der Waals surface area contributed by atoms with E-state index in [4.69, 9.17) is 10.8 Å². The van der Waals surface area contributed by atoms with E-state index in [0.29, 0.717) is 19.3 Å². The van der Waals surface area contributed by atoms with Gasteiger partial charge in [-0.25, -0.2) is 0 Å². The van der Waals surface area contributed by atoms with E-state index in [1.807, 2.05) is 0 Å². The first-order chi connectivity index (χ1) is 6.74. The number of amides is 1. The molecule has 0 aromatic heterocycles. The first kappa shape index (κ1) is 13.1. The lowest BCUT2D eigenvalue weighted by Crippen LogP contribution is -2.36. The molecular weight excluding hydrogens is 184 g/mol. The van der Waals surface area contributed by atoms with Crippen LogP contribution in [-0.2, 0) is 9.59 Å². The van der Waals surface area contributed by atoms with Crippen LogP contribution in [0.1, 0.15) is 25.7 Å². The van der Waals surface area contributed by atoms with Crippen molar-refractivity contribution in [2.75, 3.05) is 13.2 Å². The van der Waals surface area contributed by atoms with Crippen LogP contribution in [0.4, 0.5) is 0 Å². The topological polar surface area (TPSA) is 92.4 Å². The Kier molecular flexibility index (Phi) is 8.07. The van der Waals surface area contributed by atoms with E-state index >= 15 is 0 Å². The van der Waals surface area contributed by atoms with Gasteiger partial charge in [0.2, 0.25) is 5.91 Å². The maximum absolute atomic E-state index is 11.0. The van der Waals surface area contributed by atoms with Crippen LogP contribution in [0.25, 0.3) is 0 Å². The minimum atomic E-state index is -0.444. The van der Waals surface area contributed by atoms with Crippen molar-refractivity contribution >= 4 is 12.2 Å². The van der Waals surface area contributed by atoms with E-state index in [0.717, 1.165) is 12.8 Å². The van der Waals surface area contributed by atoms with Gasteiger partial charge in [-0.1, -0.05) is 0 Å². The highest BCUT2D eigenvalue weighted by Gasteiger charge is 2.09. The molecule has 0 aromatic rings. The third-order valence-electron chi connectivity index (χ3n) is 1.82. The number of aliphatic hydroxyl groups excluding tert-OH is 1. The average molecular weight is 202 g/mol. The van der Waals surface area contributed by atoms with E-state index in [-0.39, 0.29) is 18.9 Å². The molecule has 0 aliphatic carbocycles. The van der Waals surface area contributed by atoms with Crippen LogP contribution in [-0.4, -0.2) is 36.5 Å². The minimum Gasteiger partial charge on any atom is -0.396 e. The Labute approximate surface area is 83.7 Å². The summed E-state index contributed by atoms with van der Waals surface area (Å²) in [6.45, 7) is 0.399. The Hall–Kier alpha value is -0.940. The summed E-state index contributed by atoms with van der Waals surface area (Å²) in [5.74, 6) is -0.294. The van der Waals surface area contributed by atoms with Crippen LogP contribution in [0.2, 0.25) is 0 Å². The van der Waals surface area contributed by atoms with Crippen LogP contribution >= 0.6 is 0 Å². The van der Waals surface area contributed by atoms with Crippen molar-refractivity contribution < 1.29 is 14.7 Å². The number of rotatable bonds is 8. The average Bonchev–Trinajstić information content (AvgIpc) is 2.17. The molecule has 0 bridgehead atoms. The molecule has 14 heavy (non-hydrogen) atoms. The van der Waals surface area contributed by atoms with Crippen LogP contribution in [0.15, 0.2) is 0 Å². The molecule has 0 aromatic carbocycles. The molecule has 4 N–H and O–H groups in total. The van der Waals surface area contributed by atoms with Gasteiger partial charge in [-0.05, 0) is 25.8 Å². The Morgan fingerprint density at radius 3 is 2.71 bits per heavy atom. The van der Waals surface area contributed by atoms with Gasteiger partial charge in [0.25, 0.3) is 0 Å². The van der Waals surface area contributed by atoms with E-state index in [1.54, 1.807) is 0 Å². The summed E-state index contributed by atoms with van der Waals surface area (Å²) in [6.07, 6.45) is 3.03. The molecule has 0 fully saturated rings. The molecule has 0 spiro atoms. The van der Waals surface area contributed by atoms with Gasteiger partial charge in [0.05, 0.1) is 12.6 Å². The van der Waals surface area contributed by atoms with Crippen LogP contribution < -0.4 is 11.1 Å². The second-order valence-corrected chi connectivity index (χ2v) is 3.07. The molecule has 0 saturated carbocycles. The number of carbonyl (C=O) groups excluding carboxylic acids is 2. The van der Waals surface area contributed by atoms with Crippen molar-refractivity contribution in [1.82, 2.24) is 5.32 Å². The van der Waals surface area contributed by atoms with Gasteiger partial charge in [0.15, 0.2) is 0 Å². The van der Waals surface area contributed by atoms with E-state index in [9.17, 15) is 9.59 Å². The fourth-order valence-corrected chi connectivity index (χ4v) is 1.06. The van der Waals surface area contributed by atoms with Crippen molar-refractivity contribution in [3.63, 3.8) is 0 Å².